The average molecular weight is 363 g/mol. The van der Waals surface area contributed by atoms with Gasteiger partial charge < -0.3 is 15.0 Å². The topological polar surface area (TPSA) is 57.4 Å². The Morgan fingerprint density at radius 1 is 1.19 bits per heavy atom. The van der Waals surface area contributed by atoms with Crippen molar-refractivity contribution in [2.45, 2.75) is 33.0 Å². The summed E-state index contributed by atoms with van der Waals surface area (Å²) in [5, 5.41) is 4.09. The van der Waals surface area contributed by atoms with Crippen LogP contribution in [-0.2, 0) is 30.8 Å². The van der Waals surface area contributed by atoms with Crippen molar-refractivity contribution in [1.29, 1.82) is 0 Å². The molecule has 1 aliphatic heterocycles. The molecule has 140 valence electrons. The number of nitrogens with one attached hydrogen (secondary N) is 2. The van der Waals surface area contributed by atoms with Gasteiger partial charge in [0.25, 0.3) is 0 Å². The van der Waals surface area contributed by atoms with Gasteiger partial charge in [-0.3, -0.25) is 9.69 Å². The summed E-state index contributed by atoms with van der Waals surface area (Å²) >= 11 is 0. The Morgan fingerprint density at radius 3 is 2.59 bits per heavy atom. The van der Waals surface area contributed by atoms with E-state index in [1.807, 2.05) is 6.07 Å². The van der Waals surface area contributed by atoms with Gasteiger partial charge in [-0.2, -0.15) is 0 Å². The first-order chi connectivity index (χ1) is 13.1. The normalized spacial score (nSPS) is 13.7. The van der Waals surface area contributed by atoms with E-state index in [1.54, 1.807) is 14.0 Å². The molecular weight excluding hydrogens is 338 g/mol. The summed E-state index contributed by atoms with van der Waals surface area (Å²) in [5.41, 5.74) is 6.41. The number of nitrogens with zero attached hydrogens (tertiary/aromatic N) is 1. The predicted molar refractivity (Wildman–Crippen MR) is 107 cm³/mol. The van der Waals surface area contributed by atoms with Gasteiger partial charge in [0, 0.05) is 49.7 Å². The monoisotopic (exact) mass is 363 g/mol. The van der Waals surface area contributed by atoms with Crippen LogP contribution in [0.2, 0.25) is 0 Å². The van der Waals surface area contributed by atoms with Gasteiger partial charge in [0.05, 0.1) is 7.11 Å². The highest BCUT2D eigenvalue weighted by Gasteiger charge is 2.21. The lowest BCUT2D eigenvalue weighted by molar-refractivity contribution is -0.118. The number of carbonyl (C=O) groups is 1. The van der Waals surface area contributed by atoms with Crippen LogP contribution in [0, 0.1) is 0 Å². The molecule has 1 amide bonds. The number of fused-ring (bicyclic) bond motifs is 2. The second-order valence-corrected chi connectivity index (χ2v) is 7.14. The number of amides is 1. The maximum atomic E-state index is 11.3. The number of benzene rings is 2. The Labute approximate surface area is 159 Å². The Balaban J connectivity index is 1.61. The molecule has 1 aliphatic rings. The summed E-state index contributed by atoms with van der Waals surface area (Å²) in [6, 6.07) is 14.8. The first-order valence-corrected chi connectivity index (χ1v) is 9.35. The van der Waals surface area contributed by atoms with Crippen molar-refractivity contribution >= 4 is 16.8 Å². The highest BCUT2D eigenvalue weighted by molar-refractivity contribution is 5.86. The molecule has 27 heavy (non-hydrogen) atoms. The van der Waals surface area contributed by atoms with Gasteiger partial charge in [0.2, 0.25) is 5.91 Å². The van der Waals surface area contributed by atoms with Crippen molar-refractivity contribution in [3.63, 3.8) is 0 Å². The number of hydrogen-bond acceptors (Lipinski definition) is 3. The van der Waals surface area contributed by atoms with Crippen LogP contribution in [0.5, 0.6) is 5.75 Å². The van der Waals surface area contributed by atoms with Gasteiger partial charge in [-0.1, -0.05) is 24.3 Å². The fraction of sp³-hybridized carbons (Fsp3) is 0.318. The highest BCUT2D eigenvalue weighted by Crippen LogP contribution is 2.30. The largest absolute Gasteiger partial charge is 0.497 e. The van der Waals surface area contributed by atoms with E-state index in [-0.39, 0.29) is 5.91 Å². The van der Waals surface area contributed by atoms with Crippen LogP contribution in [0.3, 0.4) is 0 Å². The van der Waals surface area contributed by atoms with Crippen molar-refractivity contribution in [2.24, 2.45) is 0 Å². The van der Waals surface area contributed by atoms with Gasteiger partial charge in [0.1, 0.15) is 5.75 Å². The molecule has 0 aliphatic carbocycles. The predicted octanol–water partition coefficient (Wildman–Crippen LogP) is 3.37. The fourth-order valence-electron chi connectivity index (χ4n) is 3.93. The van der Waals surface area contributed by atoms with E-state index in [0.717, 1.165) is 37.3 Å². The second kappa shape index (κ2) is 7.45. The van der Waals surface area contributed by atoms with Crippen LogP contribution >= 0.6 is 0 Å². The number of rotatable bonds is 6. The summed E-state index contributed by atoms with van der Waals surface area (Å²) < 4.78 is 5.41. The molecular formula is C22H25N3O2. The quantitative estimate of drug-likeness (QED) is 0.706. The standard InChI is InChI=1S/C22H25N3O2/c1-15(26)23-10-9-19-20-11-18(27-2)7-8-21(20)24-22(19)14-25-12-16-5-3-4-6-17(16)13-25/h3-8,11,24H,9-10,12-14H2,1-2H3,(H,23,26). The molecule has 0 saturated carbocycles. The van der Waals surface area contributed by atoms with Crippen LogP contribution in [0.1, 0.15) is 29.3 Å². The van der Waals surface area contributed by atoms with Gasteiger partial charge in [0.15, 0.2) is 0 Å². The van der Waals surface area contributed by atoms with Gasteiger partial charge in [-0.15, -0.1) is 0 Å². The van der Waals surface area contributed by atoms with Crippen molar-refractivity contribution < 1.29 is 9.53 Å². The fourth-order valence-corrected chi connectivity index (χ4v) is 3.93. The van der Waals surface area contributed by atoms with Crippen molar-refractivity contribution in [2.75, 3.05) is 13.7 Å². The molecule has 2 N–H and O–H groups in total. The van der Waals surface area contributed by atoms with Crippen LogP contribution in [0.15, 0.2) is 42.5 Å². The number of carbonyl (C=O) groups excluding carboxylic acids is 1. The number of aromatic amines is 1. The summed E-state index contributed by atoms with van der Waals surface area (Å²) in [4.78, 5) is 17.3. The van der Waals surface area contributed by atoms with Crippen LogP contribution in [-0.4, -0.2) is 29.4 Å². The first-order valence-electron chi connectivity index (χ1n) is 9.35. The third-order valence-corrected chi connectivity index (χ3v) is 5.24. The molecule has 0 saturated heterocycles. The SMILES string of the molecule is COc1ccc2[nH]c(CN3Cc4ccccc4C3)c(CCNC(C)=O)c2c1. The van der Waals surface area contributed by atoms with Crippen molar-refractivity contribution in [3.05, 3.63) is 64.8 Å². The highest BCUT2D eigenvalue weighted by atomic mass is 16.5. The molecule has 3 aromatic rings. The van der Waals surface area contributed by atoms with Crippen LogP contribution < -0.4 is 10.1 Å². The van der Waals surface area contributed by atoms with E-state index < -0.39 is 0 Å². The third kappa shape index (κ3) is 3.69. The third-order valence-electron chi connectivity index (χ3n) is 5.24. The lowest BCUT2D eigenvalue weighted by Crippen LogP contribution is -2.23. The van der Waals surface area contributed by atoms with E-state index in [4.69, 9.17) is 4.74 Å². The maximum absolute atomic E-state index is 11.3. The van der Waals surface area contributed by atoms with E-state index in [2.05, 4.69) is 51.6 Å². The zero-order valence-electron chi connectivity index (χ0n) is 15.8. The second-order valence-electron chi connectivity index (χ2n) is 7.14. The number of methoxy groups -OCH3 is 1. The van der Waals surface area contributed by atoms with E-state index in [0.29, 0.717) is 6.54 Å². The smallest absolute Gasteiger partial charge is 0.216 e. The van der Waals surface area contributed by atoms with E-state index in [9.17, 15) is 4.79 Å². The molecule has 4 rings (SSSR count). The zero-order chi connectivity index (χ0) is 18.8. The Morgan fingerprint density at radius 2 is 1.93 bits per heavy atom. The minimum Gasteiger partial charge on any atom is -0.497 e. The number of hydrogen-bond donors (Lipinski definition) is 2. The Hall–Kier alpha value is -2.79. The lowest BCUT2D eigenvalue weighted by atomic mass is 10.1. The molecule has 0 unspecified atom stereocenters. The lowest BCUT2D eigenvalue weighted by Gasteiger charge is -2.15. The molecule has 1 aromatic heterocycles. The molecule has 0 bridgehead atoms. The average Bonchev–Trinajstić information content (AvgIpc) is 3.22. The summed E-state index contributed by atoms with van der Waals surface area (Å²) in [5.74, 6) is 0.853. The molecule has 5 nitrogen and oxygen atoms in total. The summed E-state index contributed by atoms with van der Waals surface area (Å²) in [6.07, 6.45) is 0.795. The Kier molecular flexibility index (Phi) is 4.86. The molecule has 0 spiro atoms. The van der Waals surface area contributed by atoms with Gasteiger partial charge in [-0.05, 0) is 41.3 Å². The van der Waals surface area contributed by atoms with Crippen LogP contribution in [0.4, 0.5) is 0 Å². The minimum absolute atomic E-state index is 0.00367. The molecule has 0 fully saturated rings. The van der Waals surface area contributed by atoms with E-state index in [1.165, 1.54) is 27.8 Å². The number of H-pyrrole nitrogens is 1. The Bertz CT molecular complexity index is 952. The van der Waals surface area contributed by atoms with Crippen LogP contribution in [0.25, 0.3) is 10.9 Å². The molecule has 0 atom stereocenters. The number of ether oxygens (including phenoxy) is 1. The van der Waals surface area contributed by atoms with Gasteiger partial charge in [-0.25, -0.2) is 0 Å². The van der Waals surface area contributed by atoms with Crippen molar-refractivity contribution in [3.8, 4) is 5.75 Å². The molecule has 2 heterocycles. The van der Waals surface area contributed by atoms with Crippen molar-refractivity contribution in [1.82, 2.24) is 15.2 Å². The molecule has 0 radical (unpaired) electrons. The van der Waals surface area contributed by atoms with Gasteiger partial charge >= 0.3 is 0 Å². The summed E-state index contributed by atoms with van der Waals surface area (Å²) in [6.45, 7) is 4.99. The minimum atomic E-state index is 0.00367. The number of aromatic nitrogens is 1. The zero-order valence-corrected chi connectivity index (χ0v) is 15.8. The summed E-state index contributed by atoms with van der Waals surface area (Å²) in [7, 11) is 1.69. The molecule has 5 heteroatoms. The first kappa shape index (κ1) is 17.6. The maximum Gasteiger partial charge on any atom is 0.216 e. The molecule has 2 aromatic carbocycles. The van der Waals surface area contributed by atoms with E-state index >= 15 is 0 Å².